The summed E-state index contributed by atoms with van der Waals surface area (Å²) < 4.78 is 9.99. The minimum atomic E-state index is -1.36. The molecule has 0 fully saturated rings. The quantitative estimate of drug-likeness (QED) is 0.347. The molecule has 2 aromatic carbocycles. The largest absolute Gasteiger partial charge is 1.00 e. The van der Waals surface area contributed by atoms with Gasteiger partial charge in [0.2, 0.25) is 5.78 Å². The van der Waals surface area contributed by atoms with Gasteiger partial charge < -0.3 is 16.0 Å². The fraction of sp³-hybridized carbons (Fsp3) is 0.105. The van der Waals surface area contributed by atoms with Crippen LogP contribution in [0.1, 0.15) is 57.5 Å². The molecular formula is C19H13NaO8. The standard InChI is InChI=1S/C19H12O8.Na.H/c1-8(20)26-13-5-3-4-11-15(13)18(23)16-12(17(11)22)6-10(19(24)25)7-14(16)27-9(2)21;;/h3-7H,1-2H3,(H,24,25);;/q;+1;-1. The molecule has 0 amide bonds. The van der Waals surface area contributed by atoms with E-state index in [1.807, 2.05) is 0 Å². The van der Waals surface area contributed by atoms with E-state index in [0.717, 1.165) is 26.0 Å². The molecule has 0 heterocycles. The average molecular weight is 392 g/mol. The van der Waals surface area contributed by atoms with Gasteiger partial charge in [-0.1, -0.05) is 12.1 Å². The first-order valence-electron chi connectivity index (χ1n) is 7.71. The van der Waals surface area contributed by atoms with Gasteiger partial charge >= 0.3 is 47.5 Å². The van der Waals surface area contributed by atoms with Crippen LogP contribution in [0.2, 0.25) is 0 Å². The molecule has 1 N–H and O–H groups in total. The summed E-state index contributed by atoms with van der Waals surface area (Å²) in [5.41, 5.74) is -0.967. The monoisotopic (exact) mass is 392 g/mol. The predicted octanol–water partition coefficient (Wildman–Crippen LogP) is -0.873. The Bertz CT molecular complexity index is 1060. The van der Waals surface area contributed by atoms with Crippen molar-refractivity contribution >= 4 is 29.5 Å². The average Bonchev–Trinajstić information content (AvgIpc) is 2.57. The van der Waals surface area contributed by atoms with Crippen molar-refractivity contribution in [2.24, 2.45) is 0 Å². The zero-order chi connectivity index (χ0) is 19.9. The first-order chi connectivity index (χ1) is 12.7. The summed E-state index contributed by atoms with van der Waals surface area (Å²) in [6.07, 6.45) is 0. The van der Waals surface area contributed by atoms with Gasteiger partial charge in [0.25, 0.3) is 0 Å². The Morgan fingerprint density at radius 2 is 1.43 bits per heavy atom. The number of benzene rings is 2. The summed E-state index contributed by atoms with van der Waals surface area (Å²) in [6.45, 7) is 2.22. The van der Waals surface area contributed by atoms with Gasteiger partial charge in [0.1, 0.15) is 11.5 Å². The summed E-state index contributed by atoms with van der Waals surface area (Å²) in [7, 11) is 0. The number of carboxylic acids is 1. The van der Waals surface area contributed by atoms with E-state index in [4.69, 9.17) is 9.47 Å². The third-order valence-corrected chi connectivity index (χ3v) is 3.83. The summed E-state index contributed by atoms with van der Waals surface area (Å²) in [5.74, 6) is -4.66. The number of esters is 2. The number of aromatic carboxylic acids is 1. The number of fused-ring (bicyclic) bond motifs is 2. The van der Waals surface area contributed by atoms with Crippen molar-refractivity contribution in [2.75, 3.05) is 0 Å². The molecule has 0 bridgehead atoms. The first-order valence-corrected chi connectivity index (χ1v) is 7.71. The zero-order valence-corrected chi connectivity index (χ0v) is 17.2. The van der Waals surface area contributed by atoms with E-state index >= 15 is 0 Å². The van der Waals surface area contributed by atoms with Gasteiger partial charge in [-0.15, -0.1) is 0 Å². The van der Waals surface area contributed by atoms with Gasteiger partial charge in [-0.05, 0) is 18.2 Å². The molecule has 0 unspecified atom stereocenters. The Morgan fingerprint density at radius 1 is 0.857 bits per heavy atom. The fourth-order valence-electron chi connectivity index (χ4n) is 2.85. The molecule has 0 aromatic heterocycles. The number of hydrogen-bond acceptors (Lipinski definition) is 7. The second-order valence-electron chi connectivity index (χ2n) is 5.73. The van der Waals surface area contributed by atoms with Crippen LogP contribution in [0.5, 0.6) is 11.5 Å². The fourth-order valence-corrected chi connectivity index (χ4v) is 2.85. The molecule has 28 heavy (non-hydrogen) atoms. The maximum Gasteiger partial charge on any atom is 1.00 e. The Kier molecular flexibility index (Phi) is 6.18. The number of rotatable bonds is 3. The van der Waals surface area contributed by atoms with Crippen LogP contribution in [0.3, 0.4) is 0 Å². The van der Waals surface area contributed by atoms with Crippen LogP contribution in [0, 0.1) is 0 Å². The van der Waals surface area contributed by atoms with Crippen LogP contribution in [-0.2, 0) is 9.59 Å². The van der Waals surface area contributed by atoms with E-state index < -0.39 is 29.5 Å². The van der Waals surface area contributed by atoms with E-state index in [9.17, 15) is 29.1 Å². The third-order valence-electron chi connectivity index (χ3n) is 3.83. The molecule has 9 heteroatoms. The van der Waals surface area contributed by atoms with Crippen LogP contribution in [0.15, 0.2) is 30.3 Å². The third kappa shape index (κ3) is 3.75. The van der Waals surface area contributed by atoms with Crippen LogP contribution >= 0.6 is 0 Å². The van der Waals surface area contributed by atoms with Crippen molar-refractivity contribution < 1.29 is 69.5 Å². The van der Waals surface area contributed by atoms with Crippen molar-refractivity contribution in [3.63, 3.8) is 0 Å². The minimum Gasteiger partial charge on any atom is -1.00 e. The van der Waals surface area contributed by atoms with Crippen molar-refractivity contribution in [2.45, 2.75) is 13.8 Å². The second kappa shape index (κ2) is 8.05. The summed E-state index contributed by atoms with van der Waals surface area (Å²) in [4.78, 5) is 60.0. The van der Waals surface area contributed by atoms with Crippen LogP contribution in [-0.4, -0.2) is 34.6 Å². The molecule has 0 saturated heterocycles. The Hall–Kier alpha value is -2.81. The topological polar surface area (TPSA) is 124 Å². The van der Waals surface area contributed by atoms with Crippen molar-refractivity contribution in [3.05, 3.63) is 58.1 Å². The van der Waals surface area contributed by atoms with Crippen LogP contribution < -0.4 is 39.0 Å². The minimum absolute atomic E-state index is 0. The number of carbonyl (C=O) groups is 5. The molecule has 1 aliphatic rings. The van der Waals surface area contributed by atoms with Gasteiger partial charge in [0, 0.05) is 25.0 Å². The molecule has 0 saturated carbocycles. The Balaban J connectivity index is 0.00000210. The van der Waals surface area contributed by atoms with E-state index in [-0.39, 0.29) is 70.3 Å². The molecule has 0 radical (unpaired) electrons. The summed E-state index contributed by atoms with van der Waals surface area (Å²) >= 11 is 0. The van der Waals surface area contributed by atoms with E-state index in [1.165, 1.54) is 18.2 Å². The smallest absolute Gasteiger partial charge is 1.00 e. The number of carboxylic acid groups (broad SMARTS) is 1. The molecule has 0 atom stereocenters. The van der Waals surface area contributed by atoms with Crippen LogP contribution in [0.4, 0.5) is 0 Å². The zero-order valence-electron chi connectivity index (χ0n) is 16.2. The summed E-state index contributed by atoms with van der Waals surface area (Å²) in [6, 6.07) is 6.19. The van der Waals surface area contributed by atoms with Gasteiger partial charge in [-0.25, -0.2) is 4.79 Å². The first kappa shape index (κ1) is 21.5. The normalized spacial score (nSPS) is 11.6. The molecule has 2 aromatic rings. The second-order valence-corrected chi connectivity index (χ2v) is 5.73. The summed E-state index contributed by atoms with van der Waals surface area (Å²) in [5, 5.41) is 9.24. The molecule has 0 aliphatic heterocycles. The molecule has 8 nitrogen and oxygen atoms in total. The van der Waals surface area contributed by atoms with Gasteiger partial charge in [0.05, 0.1) is 16.7 Å². The molecule has 0 spiro atoms. The van der Waals surface area contributed by atoms with Gasteiger partial charge in [-0.2, -0.15) is 0 Å². The number of carbonyl (C=O) groups excluding carboxylic acids is 4. The van der Waals surface area contributed by atoms with Gasteiger partial charge in [0.15, 0.2) is 5.78 Å². The van der Waals surface area contributed by atoms with Gasteiger partial charge in [-0.3, -0.25) is 19.2 Å². The molecule has 3 rings (SSSR count). The Morgan fingerprint density at radius 3 is 2.00 bits per heavy atom. The molecular weight excluding hydrogens is 379 g/mol. The van der Waals surface area contributed by atoms with Crippen molar-refractivity contribution in [1.82, 2.24) is 0 Å². The van der Waals surface area contributed by atoms with Crippen LogP contribution in [0.25, 0.3) is 0 Å². The Labute approximate surface area is 182 Å². The number of hydrogen-bond donors (Lipinski definition) is 1. The number of ketones is 2. The van der Waals surface area contributed by atoms with E-state index in [2.05, 4.69) is 0 Å². The van der Waals surface area contributed by atoms with Crippen molar-refractivity contribution in [3.8, 4) is 11.5 Å². The molecule has 1 aliphatic carbocycles. The number of ether oxygens (including phenoxy) is 2. The molecule has 138 valence electrons. The predicted molar refractivity (Wildman–Crippen MR) is 90.4 cm³/mol. The van der Waals surface area contributed by atoms with Crippen molar-refractivity contribution in [1.29, 1.82) is 0 Å². The van der Waals surface area contributed by atoms with E-state index in [1.54, 1.807) is 0 Å². The maximum atomic E-state index is 13.1. The maximum absolute atomic E-state index is 13.1. The van der Waals surface area contributed by atoms with E-state index in [0.29, 0.717) is 0 Å². The SMILES string of the molecule is CC(=O)Oc1cccc2c1C(=O)c1c(OC(C)=O)cc(C(=O)O)cc1C2=O.[H-].[Na+].